The van der Waals surface area contributed by atoms with Gasteiger partial charge in [0, 0.05) is 18.3 Å². The first kappa shape index (κ1) is 13.4. The molecule has 0 spiro atoms. The van der Waals surface area contributed by atoms with E-state index in [1.165, 1.54) is 0 Å². The summed E-state index contributed by atoms with van der Waals surface area (Å²) in [6.45, 7) is 6.23. The summed E-state index contributed by atoms with van der Waals surface area (Å²) in [5, 5.41) is 0. The maximum absolute atomic E-state index is 11.0. The summed E-state index contributed by atoms with van der Waals surface area (Å²) in [5.74, 6) is 0.0948. The van der Waals surface area contributed by atoms with Crippen molar-refractivity contribution >= 4 is 11.9 Å². The first-order valence-electron chi connectivity index (χ1n) is 5.53. The number of carbonyl (C=O) groups is 1. The molecule has 0 aromatic carbocycles. The van der Waals surface area contributed by atoms with Crippen molar-refractivity contribution in [3.8, 4) is 0 Å². The van der Waals surface area contributed by atoms with Crippen molar-refractivity contribution in [3.05, 3.63) is 17.5 Å². The molecule has 1 rings (SSSR count). The molecular formula is C11H19N5O. The lowest BCUT2D eigenvalue weighted by Gasteiger charge is -2.25. The fourth-order valence-corrected chi connectivity index (χ4v) is 1.50. The highest BCUT2D eigenvalue weighted by Gasteiger charge is 2.16. The summed E-state index contributed by atoms with van der Waals surface area (Å²) in [4.78, 5) is 21.4. The van der Waals surface area contributed by atoms with E-state index in [-0.39, 0.29) is 12.6 Å². The maximum Gasteiger partial charge on any atom is 0.237 e. The zero-order valence-corrected chi connectivity index (χ0v) is 10.5. The van der Waals surface area contributed by atoms with Gasteiger partial charge in [0.05, 0.1) is 12.2 Å². The number of hydrogen-bond acceptors (Lipinski definition) is 5. The van der Waals surface area contributed by atoms with Gasteiger partial charge in [-0.05, 0) is 26.8 Å². The number of aromatic nitrogens is 2. The molecule has 0 atom stereocenters. The lowest BCUT2D eigenvalue weighted by Crippen LogP contribution is -2.40. The summed E-state index contributed by atoms with van der Waals surface area (Å²) in [7, 11) is 0. The minimum Gasteiger partial charge on any atom is -0.368 e. The van der Waals surface area contributed by atoms with Crippen molar-refractivity contribution in [2.24, 2.45) is 11.5 Å². The summed E-state index contributed by atoms with van der Waals surface area (Å²) >= 11 is 0. The van der Waals surface area contributed by atoms with Crippen molar-refractivity contribution in [2.45, 2.75) is 33.4 Å². The smallest absolute Gasteiger partial charge is 0.237 e. The fraction of sp³-hybridized carbons (Fsp3) is 0.545. The van der Waals surface area contributed by atoms with Crippen LogP contribution in [0, 0.1) is 6.92 Å². The zero-order chi connectivity index (χ0) is 13.0. The Morgan fingerprint density at radius 3 is 2.59 bits per heavy atom. The molecule has 0 saturated heterocycles. The Morgan fingerprint density at radius 1 is 1.47 bits per heavy atom. The number of primary amides is 1. The molecule has 0 aliphatic rings. The van der Waals surface area contributed by atoms with Crippen molar-refractivity contribution in [3.63, 3.8) is 0 Å². The van der Waals surface area contributed by atoms with E-state index in [0.717, 1.165) is 11.4 Å². The molecule has 0 radical (unpaired) electrons. The first-order valence-corrected chi connectivity index (χ1v) is 5.53. The molecule has 1 heterocycles. The van der Waals surface area contributed by atoms with Crippen LogP contribution in [-0.2, 0) is 11.3 Å². The molecule has 6 nitrogen and oxygen atoms in total. The molecule has 1 aromatic heterocycles. The molecule has 94 valence electrons. The fourth-order valence-electron chi connectivity index (χ4n) is 1.50. The average molecular weight is 237 g/mol. The molecule has 1 aromatic rings. The lowest BCUT2D eigenvalue weighted by molar-refractivity contribution is -0.116. The third kappa shape index (κ3) is 3.67. The highest BCUT2D eigenvalue weighted by molar-refractivity contribution is 5.79. The van der Waals surface area contributed by atoms with Crippen LogP contribution >= 0.6 is 0 Å². The van der Waals surface area contributed by atoms with Gasteiger partial charge in [-0.2, -0.15) is 0 Å². The Labute approximate surface area is 101 Å². The first-order chi connectivity index (χ1) is 7.93. The molecule has 1 amide bonds. The molecule has 0 saturated carbocycles. The van der Waals surface area contributed by atoms with Crippen molar-refractivity contribution in [1.29, 1.82) is 0 Å². The Hall–Kier alpha value is -1.69. The Bertz CT molecular complexity index is 405. The van der Waals surface area contributed by atoms with E-state index < -0.39 is 5.91 Å². The van der Waals surface area contributed by atoms with Gasteiger partial charge in [-0.1, -0.05) is 0 Å². The number of aryl methyl sites for hydroxylation is 1. The SMILES string of the molecule is Cc1cc(CN)nc(N(CC(N)=O)C(C)C)n1. The zero-order valence-electron chi connectivity index (χ0n) is 10.5. The normalized spacial score (nSPS) is 10.6. The van der Waals surface area contributed by atoms with E-state index in [0.29, 0.717) is 12.5 Å². The Kier molecular flexibility index (Phi) is 4.39. The van der Waals surface area contributed by atoms with Crippen LogP contribution in [0.2, 0.25) is 0 Å². The number of carbonyl (C=O) groups excluding carboxylic acids is 1. The number of nitrogens with two attached hydrogens (primary N) is 2. The molecule has 4 N–H and O–H groups in total. The number of hydrogen-bond donors (Lipinski definition) is 2. The number of rotatable bonds is 5. The average Bonchev–Trinajstić information content (AvgIpc) is 2.24. The molecule has 0 bridgehead atoms. The van der Waals surface area contributed by atoms with E-state index in [1.54, 1.807) is 4.90 Å². The predicted octanol–water partition coefficient (Wildman–Crippen LogP) is -0.0562. The van der Waals surface area contributed by atoms with E-state index in [9.17, 15) is 4.79 Å². The molecule has 0 aliphatic heterocycles. The minimum atomic E-state index is -0.405. The van der Waals surface area contributed by atoms with Gasteiger partial charge in [0.2, 0.25) is 11.9 Å². The molecule has 6 heteroatoms. The van der Waals surface area contributed by atoms with Gasteiger partial charge in [0.25, 0.3) is 0 Å². The standard InChI is InChI=1S/C11H19N5O/c1-7(2)16(6-10(13)17)11-14-8(3)4-9(5-12)15-11/h4,7H,5-6,12H2,1-3H3,(H2,13,17). The van der Waals surface area contributed by atoms with Gasteiger partial charge in [-0.15, -0.1) is 0 Å². The van der Waals surface area contributed by atoms with Crippen LogP contribution in [-0.4, -0.2) is 28.5 Å². The Balaban J connectivity index is 3.08. The topological polar surface area (TPSA) is 98.1 Å². The van der Waals surface area contributed by atoms with E-state index in [2.05, 4.69) is 9.97 Å². The van der Waals surface area contributed by atoms with Gasteiger partial charge in [-0.25, -0.2) is 9.97 Å². The summed E-state index contributed by atoms with van der Waals surface area (Å²) in [6.07, 6.45) is 0. The summed E-state index contributed by atoms with van der Waals surface area (Å²) < 4.78 is 0. The predicted molar refractivity (Wildman–Crippen MR) is 66.3 cm³/mol. The van der Waals surface area contributed by atoms with Crippen LogP contribution in [0.4, 0.5) is 5.95 Å². The van der Waals surface area contributed by atoms with Gasteiger partial charge < -0.3 is 16.4 Å². The molecule has 0 aliphatic carbocycles. The number of nitrogens with zero attached hydrogens (tertiary/aromatic N) is 3. The summed E-state index contributed by atoms with van der Waals surface area (Å²) in [6, 6.07) is 1.92. The maximum atomic E-state index is 11.0. The molecule has 0 fully saturated rings. The van der Waals surface area contributed by atoms with Gasteiger partial charge >= 0.3 is 0 Å². The van der Waals surface area contributed by atoms with Crippen molar-refractivity contribution < 1.29 is 4.79 Å². The second-order valence-corrected chi connectivity index (χ2v) is 4.19. The van der Waals surface area contributed by atoms with E-state index in [4.69, 9.17) is 11.5 Å². The van der Waals surface area contributed by atoms with Crippen LogP contribution in [0.3, 0.4) is 0 Å². The summed E-state index contributed by atoms with van der Waals surface area (Å²) in [5.41, 5.74) is 12.4. The van der Waals surface area contributed by atoms with Crippen LogP contribution in [0.25, 0.3) is 0 Å². The van der Waals surface area contributed by atoms with Crippen LogP contribution in [0.15, 0.2) is 6.07 Å². The van der Waals surface area contributed by atoms with E-state index in [1.807, 2.05) is 26.8 Å². The highest BCUT2D eigenvalue weighted by atomic mass is 16.1. The second-order valence-electron chi connectivity index (χ2n) is 4.19. The largest absolute Gasteiger partial charge is 0.368 e. The monoisotopic (exact) mass is 237 g/mol. The number of anilines is 1. The highest BCUT2D eigenvalue weighted by Crippen LogP contribution is 2.12. The minimum absolute atomic E-state index is 0.0925. The third-order valence-electron chi connectivity index (χ3n) is 2.31. The molecular weight excluding hydrogens is 218 g/mol. The van der Waals surface area contributed by atoms with E-state index >= 15 is 0 Å². The third-order valence-corrected chi connectivity index (χ3v) is 2.31. The van der Waals surface area contributed by atoms with Crippen LogP contribution in [0.1, 0.15) is 25.2 Å². The molecule has 17 heavy (non-hydrogen) atoms. The van der Waals surface area contributed by atoms with Crippen molar-refractivity contribution in [2.75, 3.05) is 11.4 Å². The molecule has 0 unspecified atom stereocenters. The van der Waals surface area contributed by atoms with Crippen LogP contribution < -0.4 is 16.4 Å². The lowest BCUT2D eigenvalue weighted by atomic mass is 10.3. The van der Waals surface area contributed by atoms with Crippen molar-refractivity contribution in [1.82, 2.24) is 9.97 Å². The number of amides is 1. The van der Waals surface area contributed by atoms with Gasteiger partial charge in [-0.3, -0.25) is 4.79 Å². The van der Waals surface area contributed by atoms with Crippen LogP contribution in [0.5, 0.6) is 0 Å². The van der Waals surface area contributed by atoms with Gasteiger partial charge in [0.1, 0.15) is 0 Å². The quantitative estimate of drug-likeness (QED) is 0.747. The second kappa shape index (κ2) is 5.58. The van der Waals surface area contributed by atoms with Gasteiger partial charge in [0.15, 0.2) is 0 Å². The Morgan fingerprint density at radius 2 is 2.12 bits per heavy atom.